The van der Waals surface area contributed by atoms with Gasteiger partial charge in [0.25, 0.3) is 0 Å². The predicted molar refractivity (Wildman–Crippen MR) is 273 cm³/mol. The summed E-state index contributed by atoms with van der Waals surface area (Å²) in [5.41, 5.74) is 0. The minimum absolute atomic E-state index is 0.153. The highest BCUT2D eigenvalue weighted by molar-refractivity contribution is 5.76. The number of carbonyl (C=O) groups excluding carboxylic acids is 1. The van der Waals surface area contributed by atoms with Crippen LogP contribution in [-0.2, 0) is 4.79 Å². The van der Waals surface area contributed by atoms with Crippen LogP contribution in [0.5, 0.6) is 0 Å². The monoisotopic (exact) mass is 872 g/mol. The van der Waals surface area contributed by atoms with Crippen molar-refractivity contribution >= 4 is 5.91 Å². The van der Waals surface area contributed by atoms with Crippen molar-refractivity contribution < 1.29 is 20.1 Å². The van der Waals surface area contributed by atoms with E-state index in [1.165, 1.54) is 225 Å². The summed E-state index contributed by atoms with van der Waals surface area (Å²) in [6.07, 6.45) is 67.2. The Hall–Kier alpha value is -1.43. The van der Waals surface area contributed by atoms with Crippen molar-refractivity contribution in [2.75, 3.05) is 6.61 Å². The molecule has 0 bridgehead atoms. The normalized spacial score (nSPS) is 13.6. The van der Waals surface area contributed by atoms with Crippen molar-refractivity contribution in [3.8, 4) is 0 Å². The molecule has 0 aliphatic carbocycles. The summed E-state index contributed by atoms with van der Waals surface area (Å²) in [6.45, 7) is 4.20. The fraction of sp³-hybridized carbons (Fsp3) is 0.877. The molecular formula is C57H109NO4. The zero-order valence-corrected chi connectivity index (χ0v) is 41.8. The Bertz CT molecular complexity index is 962. The number of unbranched alkanes of at least 4 members (excludes halogenated alkanes) is 37. The summed E-state index contributed by atoms with van der Waals surface area (Å²) >= 11 is 0. The highest BCUT2D eigenvalue weighted by Crippen LogP contribution is 2.17. The minimum atomic E-state index is -1.16. The maximum Gasteiger partial charge on any atom is 0.220 e. The van der Waals surface area contributed by atoms with Gasteiger partial charge in [0.1, 0.15) is 6.10 Å². The summed E-state index contributed by atoms with van der Waals surface area (Å²) in [7, 11) is 0. The molecule has 5 nitrogen and oxygen atoms in total. The van der Waals surface area contributed by atoms with Gasteiger partial charge in [-0.25, -0.2) is 0 Å². The Balaban J connectivity index is 3.58. The van der Waals surface area contributed by atoms with E-state index >= 15 is 0 Å². The molecule has 0 aromatic rings. The third-order valence-electron chi connectivity index (χ3n) is 13.0. The molecule has 62 heavy (non-hydrogen) atoms. The van der Waals surface area contributed by atoms with E-state index in [-0.39, 0.29) is 12.5 Å². The molecule has 3 unspecified atom stereocenters. The van der Waals surface area contributed by atoms with Crippen molar-refractivity contribution in [3.63, 3.8) is 0 Å². The second-order valence-corrected chi connectivity index (χ2v) is 19.1. The number of carbonyl (C=O) groups is 1. The first-order valence-electron chi connectivity index (χ1n) is 27.8. The molecule has 1 amide bonds. The number of rotatable bonds is 51. The fourth-order valence-corrected chi connectivity index (χ4v) is 8.67. The molecule has 0 aromatic heterocycles. The van der Waals surface area contributed by atoms with Crippen molar-refractivity contribution in [2.45, 2.75) is 315 Å². The standard InChI is InChI=1S/C57H109NO4/c1-3-5-7-9-11-13-15-17-19-21-23-25-26-27-28-29-30-32-34-36-38-40-42-44-46-48-50-52-56(61)58-54(53-59)57(62)55(60)51-49-47-45-43-41-39-37-35-33-31-24-22-20-18-16-14-12-10-8-6-4-2/h23,25,27-28,43,45,54-55,57,59-60,62H,3-22,24,26,29-42,44,46-53H2,1-2H3,(H,58,61)/b25-23-,28-27-,45-43+. The van der Waals surface area contributed by atoms with Crippen LogP contribution in [-0.4, -0.2) is 46.1 Å². The number of allylic oxidation sites excluding steroid dienone is 6. The summed E-state index contributed by atoms with van der Waals surface area (Å²) in [6, 6.07) is -0.828. The van der Waals surface area contributed by atoms with Gasteiger partial charge in [-0.1, -0.05) is 256 Å². The molecule has 0 aliphatic rings. The first-order chi connectivity index (χ1) is 30.6. The van der Waals surface area contributed by atoms with E-state index in [9.17, 15) is 20.1 Å². The maximum absolute atomic E-state index is 12.5. The molecule has 0 aromatic carbocycles. The number of hydrogen-bond acceptors (Lipinski definition) is 4. The topological polar surface area (TPSA) is 89.8 Å². The van der Waals surface area contributed by atoms with Gasteiger partial charge in [-0.15, -0.1) is 0 Å². The van der Waals surface area contributed by atoms with Crippen molar-refractivity contribution in [1.82, 2.24) is 5.32 Å². The summed E-state index contributed by atoms with van der Waals surface area (Å²) in [5, 5.41) is 33.7. The van der Waals surface area contributed by atoms with Crippen LogP contribution in [0, 0.1) is 0 Å². The maximum atomic E-state index is 12.5. The third-order valence-corrected chi connectivity index (χ3v) is 13.0. The van der Waals surface area contributed by atoms with E-state index in [2.05, 4.69) is 55.6 Å². The Labute approximate surface area is 387 Å². The molecule has 0 heterocycles. The van der Waals surface area contributed by atoms with E-state index in [1.807, 2.05) is 0 Å². The van der Waals surface area contributed by atoms with Gasteiger partial charge in [-0.2, -0.15) is 0 Å². The molecule has 0 radical (unpaired) electrons. The van der Waals surface area contributed by atoms with Crippen molar-refractivity contribution in [3.05, 3.63) is 36.5 Å². The van der Waals surface area contributed by atoms with Crippen LogP contribution >= 0.6 is 0 Å². The van der Waals surface area contributed by atoms with Gasteiger partial charge in [0, 0.05) is 6.42 Å². The van der Waals surface area contributed by atoms with E-state index in [1.54, 1.807) is 0 Å². The minimum Gasteiger partial charge on any atom is -0.394 e. The fourth-order valence-electron chi connectivity index (χ4n) is 8.67. The van der Waals surface area contributed by atoms with Gasteiger partial charge in [-0.3, -0.25) is 4.79 Å². The molecule has 4 N–H and O–H groups in total. The van der Waals surface area contributed by atoms with E-state index in [4.69, 9.17) is 0 Å². The molecule has 3 atom stereocenters. The molecule has 0 aliphatic heterocycles. The largest absolute Gasteiger partial charge is 0.394 e. The van der Waals surface area contributed by atoms with Crippen LogP contribution in [0.15, 0.2) is 36.5 Å². The lowest BCUT2D eigenvalue weighted by Gasteiger charge is -2.26. The predicted octanol–water partition coefficient (Wildman–Crippen LogP) is 17.1. The van der Waals surface area contributed by atoms with Crippen LogP contribution in [0.1, 0.15) is 296 Å². The average Bonchev–Trinajstić information content (AvgIpc) is 3.28. The van der Waals surface area contributed by atoms with Gasteiger partial charge in [0.15, 0.2) is 0 Å². The van der Waals surface area contributed by atoms with Gasteiger partial charge in [0.05, 0.1) is 18.8 Å². The molecule has 0 rings (SSSR count). The molecule has 5 heteroatoms. The number of aliphatic hydroxyl groups excluding tert-OH is 3. The summed E-state index contributed by atoms with van der Waals surface area (Å²) in [4.78, 5) is 12.5. The van der Waals surface area contributed by atoms with Crippen molar-refractivity contribution in [1.29, 1.82) is 0 Å². The van der Waals surface area contributed by atoms with E-state index in [0.29, 0.717) is 12.8 Å². The first-order valence-corrected chi connectivity index (χ1v) is 27.8. The molecule has 0 fully saturated rings. The smallest absolute Gasteiger partial charge is 0.220 e. The highest BCUT2D eigenvalue weighted by Gasteiger charge is 2.26. The van der Waals surface area contributed by atoms with Crippen LogP contribution in [0.3, 0.4) is 0 Å². The van der Waals surface area contributed by atoms with E-state index in [0.717, 1.165) is 44.9 Å². The number of aliphatic hydroxyl groups is 3. The van der Waals surface area contributed by atoms with Crippen LogP contribution in [0.2, 0.25) is 0 Å². The third kappa shape index (κ3) is 46.6. The molecule has 366 valence electrons. The first kappa shape index (κ1) is 60.6. The number of amides is 1. The SMILES string of the molecule is CCCCCCCCCCC/C=C\C/C=C\CCCCCCCCCCCCCC(=O)NC(CO)C(O)C(O)CCC/C=C/CCCCCCCCCCCCCCCCCC. The van der Waals surface area contributed by atoms with Crippen LogP contribution < -0.4 is 5.32 Å². The van der Waals surface area contributed by atoms with Gasteiger partial charge < -0.3 is 20.6 Å². The second-order valence-electron chi connectivity index (χ2n) is 19.1. The molecule has 0 saturated carbocycles. The Morgan fingerprint density at radius 2 is 0.694 bits per heavy atom. The Kier molecular flexibility index (Phi) is 51.0. The van der Waals surface area contributed by atoms with Gasteiger partial charge in [0.2, 0.25) is 5.91 Å². The highest BCUT2D eigenvalue weighted by atomic mass is 16.3. The molecule has 0 spiro atoms. The Morgan fingerprint density at radius 3 is 1.03 bits per heavy atom. The van der Waals surface area contributed by atoms with Gasteiger partial charge >= 0.3 is 0 Å². The lowest BCUT2D eigenvalue weighted by atomic mass is 10.0. The average molecular weight is 873 g/mol. The van der Waals surface area contributed by atoms with Gasteiger partial charge in [-0.05, 0) is 70.6 Å². The van der Waals surface area contributed by atoms with Crippen LogP contribution in [0.25, 0.3) is 0 Å². The number of nitrogens with one attached hydrogen (secondary N) is 1. The van der Waals surface area contributed by atoms with Crippen molar-refractivity contribution in [2.24, 2.45) is 0 Å². The zero-order chi connectivity index (χ0) is 45.1. The lowest BCUT2D eigenvalue weighted by Crippen LogP contribution is -2.50. The Morgan fingerprint density at radius 1 is 0.403 bits per heavy atom. The quantitative estimate of drug-likeness (QED) is 0.0362. The molecule has 0 saturated heterocycles. The van der Waals surface area contributed by atoms with E-state index < -0.39 is 18.2 Å². The summed E-state index contributed by atoms with van der Waals surface area (Å²) < 4.78 is 0. The zero-order valence-electron chi connectivity index (χ0n) is 41.8. The second kappa shape index (κ2) is 52.2. The van der Waals surface area contributed by atoms with Crippen LogP contribution in [0.4, 0.5) is 0 Å². The lowest BCUT2D eigenvalue weighted by molar-refractivity contribution is -0.124. The number of hydrogen-bond donors (Lipinski definition) is 4. The molecular weight excluding hydrogens is 763 g/mol. The summed E-state index contributed by atoms with van der Waals surface area (Å²) in [5.74, 6) is -0.153.